The molecule has 10 heteroatoms. The molecule has 4 heterocycles. The van der Waals surface area contributed by atoms with Gasteiger partial charge in [0.25, 0.3) is 5.91 Å². The Morgan fingerprint density at radius 3 is 2.74 bits per heavy atom. The molecule has 1 aliphatic carbocycles. The molecule has 0 unspecified atom stereocenters. The predicted octanol–water partition coefficient (Wildman–Crippen LogP) is 5.14. The zero-order valence-electron chi connectivity index (χ0n) is 22.0. The van der Waals surface area contributed by atoms with Crippen molar-refractivity contribution in [2.45, 2.75) is 55.3 Å². The number of hydrazine groups is 2. The van der Waals surface area contributed by atoms with E-state index in [1.165, 1.54) is 24.8 Å². The van der Waals surface area contributed by atoms with Crippen molar-refractivity contribution in [2.75, 3.05) is 25.0 Å². The van der Waals surface area contributed by atoms with Crippen LogP contribution in [-0.4, -0.2) is 56.6 Å². The molecule has 0 atom stereocenters. The minimum absolute atomic E-state index is 0.250. The van der Waals surface area contributed by atoms with Crippen LogP contribution in [0, 0.1) is 0 Å². The quantitative estimate of drug-likeness (QED) is 0.381. The molecule has 0 radical (unpaired) electrons. The van der Waals surface area contributed by atoms with Gasteiger partial charge in [-0.2, -0.15) is 10.2 Å². The van der Waals surface area contributed by atoms with E-state index < -0.39 is 0 Å². The van der Waals surface area contributed by atoms with Crippen LogP contribution in [0.5, 0.6) is 0 Å². The van der Waals surface area contributed by atoms with E-state index in [2.05, 4.69) is 47.7 Å². The van der Waals surface area contributed by atoms with Gasteiger partial charge in [0.1, 0.15) is 16.4 Å². The Bertz CT molecular complexity index is 1340. The maximum absolute atomic E-state index is 13.4. The summed E-state index contributed by atoms with van der Waals surface area (Å²) in [5, 5.41) is 13.1. The molecule has 202 valence electrons. The molecular formula is C29H34N8OS. The molecule has 1 saturated heterocycles. The minimum atomic E-state index is -0.250. The van der Waals surface area contributed by atoms with Crippen LogP contribution >= 0.6 is 11.8 Å². The molecule has 3 aromatic rings. The third-order valence-electron chi connectivity index (χ3n) is 7.28. The number of thioether (sulfide) groups is 1. The molecule has 2 fully saturated rings. The fraction of sp³-hybridized carbons (Fsp3) is 0.379. The normalized spacial score (nSPS) is 18.4. The van der Waals surface area contributed by atoms with E-state index in [0.29, 0.717) is 24.0 Å². The highest BCUT2D eigenvalue weighted by molar-refractivity contribution is 7.98. The second-order valence-electron chi connectivity index (χ2n) is 10.1. The Kier molecular flexibility index (Phi) is 8.03. The van der Waals surface area contributed by atoms with Crippen molar-refractivity contribution in [1.82, 2.24) is 30.3 Å². The number of pyridine rings is 1. The first-order valence-corrected chi connectivity index (χ1v) is 14.8. The minimum Gasteiger partial charge on any atom is -0.317 e. The maximum Gasteiger partial charge on any atom is 0.274 e. The van der Waals surface area contributed by atoms with Crippen LogP contribution < -0.4 is 10.7 Å². The molecule has 0 bridgehead atoms. The maximum atomic E-state index is 13.4. The fourth-order valence-electron chi connectivity index (χ4n) is 5.20. The lowest BCUT2D eigenvalue weighted by Crippen LogP contribution is -2.45. The largest absolute Gasteiger partial charge is 0.317 e. The van der Waals surface area contributed by atoms with Crippen LogP contribution in [-0.2, 0) is 5.75 Å². The monoisotopic (exact) mass is 542 g/mol. The second kappa shape index (κ2) is 12.1. The second-order valence-corrected chi connectivity index (χ2v) is 11.1. The zero-order chi connectivity index (χ0) is 26.4. The van der Waals surface area contributed by atoms with Crippen LogP contribution in [0.2, 0.25) is 0 Å². The summed E-state index contributed by atoms with van der Waals surface area (Å²) in [6.07, 6.45) is 12.9. The number of benzene rings is 1. The van der Waals surface area contributed by atoms with Gasteiger partial charge in [-0.15, -0.1) is 0 Å². The molecule has 39 heavy (non-hydrogen) atoms. The van der Waals surface area contributed by atoms with Gasteiger partial charge in [-0.3, -0.25) is 19.5 Å². The van der Waals surface area contributed by atoms with Gasteiger partial charge in [0.15, 0.2) is 0 Å². The van der Waals surface area contributed by atoms with Crippen molar-refractivity contribution in [3.05, 3.63) is 77.9 Å². The fourth-order valence-corrected chi connectivity index (χ4v) is 6.11. The topological polar surface area (TPSA) is 90.7 Å². The average Bonchev–Trinajstić information content (AvgIpc) is 3.68. The summed E-state index contributed by atoms with van der Waals surface area (Å²) in [7, 11) is 0. The smallest absolute Gasteiger partial charge is 0.274 e. The molecule has 1 amide bonds. The number of hydrogen-bond acceptors (Lipinski definition) is 8. The van der Waals surface area contributed by atoms with Gasteiger partial charge in [-0.1, -0.05) is 67.4 Å². The number of anilines is 1. The molecular weight excluding hydrogens is 508 g/mol. The highest BCUT2D eigenvalue weighted by Gasteiger charge is 2.22. The number of nitrogens with one attached hydrogen (secondary N) is 2. The predicted molar refractivity (Wildman–Crippen MR) is 155 cm³/mol. The molecule has 2 N–H and O–H groups in total. The number of hydrogen-bond donors (Lipinski definition) is 2. The zero-order valence-corrected chi connectivity index (χ0v) is 22.8. The molecule has 9 nitrogen and oxygen atoms in total. The number of nitrogens with zero attached hydrogens (tertiary/aromatic N) is 6. The van der Waals surface area contributed by atoms with Crippen LogP contribution in [0.1, 0.15) is 66.3 Å². The number of aromatic nitrogens is 3. The van der Waals surface area contributed by atoms with Gasteiger partial charge in [0, 0.05) is 31.3 Å². The number of carbonyl (C=O) groups is 1. The molecule has 1 saturated carbocycles. The Balaban J connectivity index is 1.21. The van der Waals surface area contributed by atoms with E-state index in [1.807, 2.05) is 48.9 Å². The standard InChI is InChI=1S/C29H34N8OS/c38-28(25-14-7-13-24(32-25)26-19-35(18-16-30-26)37-17-8-15-31-37)33-27-20-36(23-11-5-2-6-12-23)34-29(27)39-21-22-9-3-1-4-10-22/h1,3-4,7,9-10,13-14,16,19-20,23,31H,2,5-6,8,11-12,15,17-18,21H2,(H,33,38). The van der Waals surface area contributed by atoms with E-state index in [9.17, 15) is 4.79 Å². The molecule has 6 rings (SSSR count). The van der Waals surface area contributed by atoms with Crippen molar-refractivity contribution in [1.29, 1.82) is 0 Å². The highest BCUT2D eigenvalue weighted by atomic mass is 32.2. The molecule has 2 aromatic heterocycles. The Morgan fingerprint density at radius 2 is 1.92 bits per heavy atom. The van der Waals surface area contributed by atoms with Crippen molar-refractivity contribution >= 4 is 35.3 Å². The summed E-state index contributed by atoms with van der Waals surface area (Å²) >= 11 is 1.65. The van der Waals surface area contributed by atoms with Crippen molar-refractivity contribution < 1.29 is 4.79 Å². The molecule has 2 aliphatic heterocycles. The highest BCUT2D eigenvalue weighted by Crippen LogP contribution is 2.34. The van der Waals surface area contributed by atoms with Gasteiger partial charge in [0.2, 0.25) is 0 Å². The van der Waals surface area contributed by atoms with Crippen LogP contribution in [0.25, 0.3) is 5.70 Å². The van der Waals surface area contributed by atoms with Gasteiger partial charge in [0.05, 0.1) is 30.2 Å². The number of rotatable bonds is 8. The van der Waals surface area contributed by atoms with Gasteiger partial charge < -0.3 is 5.32 Å². The lowest BCUT2D eigenvalue weighted by molar-refractivity contribution is 0.0155. The van der Waals surface area contributed by atoms with Gasteiger partial charge in [-0.25, -0.2) is 10.4 Å². The van der Waals surface area contributed by atoms with Crippen LogP contribution in [0.4, 0.5) is 5.69 Å². The average molecular weight is 543 g/mol. The molecule has 3 aliphatic rings. The van der Waals surface area contributed by atoms with E-state index in [-0.39, 0.29) is 5.91 Å². The Hall–Kier alpha value is -3.47. The van der Waals surface area contributed by atoms with E-state index in [1.54, 1.807) is 17.8 Å². The lowest BCUT2D eigenvalue weighted by atomic mass is 9.96. The summed E-state index contributed by atoms with van der Waals surface area (Å²) in [6, 6.07) is 16.2. The van der Waals surface area contributed by atoms with E-state index in [4.69, 9.17) is 5.10 Å². The Morgan fingerprint density at radius 1 is 1.05 bits per heavy atom. The third-order valence-corrected chi connectivity index (χ3v) is 8.33. The SMILES string of the molecule is O=C(Nc1cn(C2CCCCC2)nc1SCc1ccccc1)c1cccc(C2=CN(N3CCCN3)CC=N2)n1. The first-order valence-electron chi connectivity index (χ1n) is 13.8. The van der Waals surface area contributed by atoms with Crippen molar-refractivity contribution in [3.63, 3.8) is 0 Å². The summed E-state index contributed by atoms with van der Waals surface area (Å²) in [4.78, 5) is 22.7. The molecule has 0 spiro atoms. The first-order chi connectivity index (χ1) is 19.2. The van der Waals surface area contributed by atoms with E-state index >= 15 is 0 Å². The van der Waals surface area contributed by atoms with Gasteiger partial charge in [-0.05, 0) is 37.0 Å². The summed E-state index contributed by atoms with van der Waals surface area (Å²) in [5.74, 6) is 0.535. The van der Waals surface area contributed by atoms with Crippen molar-refractivity contribution in [3.8, 4) is 0 Å². The van der Waals surface area contributed by atoms with Crippen molar-refractivity contribution in [2.24, 2.45) is 4.99 Å². The first kappa shape index (κ1) is 25.8. The Labute approximate surface area is 233 Å². The van der Waals surface area contributed by atoms with Crippen LogP contribution in [0.15, 0.2) is 70.9 Å². The van der Waals surface area contributed by atoms with Crippen LogP contribution in [0.3, 0.4) is 0 Å². The number of amides is 1. The summed E-state index contributed by atoms with van der Waals surface area (Å²) in [6.45, 7) is 2.62. The van der Waals surface area contributed by atoms with E-state index in [0.717, 1.165) is 54.5 Å². The number of carbonyl (C=O) groups excluding carboxylic acids is 1. The summed E-state index contributed by atoms with van der Waals surface area (Å²) < 4.78 is 2.06. The van der Waals surface area contributed by atoms with Gasteiger partial charge >= 0.3 is 0 Å². The number of aliphatic imine (C=N–C) groups is 1. The molecule has 1 aromatic carbocycles. The summed E-state index contributed by atoms with van der Waals surface area (Å²) in [5.41, 5.74) is 7.07. The lowest BCUT2D eigenvalue weighted by Gasteiger charge is -2.31. The third kappa shape index (κ3) is 6.24.